The Morgan fingerprint density at radius 3 is 3.00 bits per heavy atom. The van der Waals surface area contributed by atoms with Gasteiger partial charge in [-0.3, -0.25) is 0 Å². The molecule has 0 fully saturated rings. The summed E-state index contributed by atoms with van der Waals surface area (Å²) in [6.07, 6.45) is 0.860. The predicted molar refractivity (Wildman–Crippen MR) is 89.3 cm³/mol. The minimum Gasteiger partial charge on any atom is -0.493 e. The number of hydrogen-bond donors (Lipinski definition) is 2. The molecule has 0 spiro atoms. The Morgan fingerprint density at radius 2 is 2.17 bits per heavy atom. The Kier molecular flexibility index (Phi) is 4.41. The van der Waals surface area contributed by atoms with E-state index >= 15 is 0 Å². The minimum atomic E-state index is 0.123. The summed E-state index contributed by atoms with van der Waals surface area (Å²) in [7, 11) is 0. The van der Waals surface area contributed by atoms with E-state index in [2.05, 4.69) is 26.3 Å². The van der Waals surface area contributed by atoms with Crippen molar-refractivity contribution in [1.29, 1.82) is 0 Å². The predicted octanol–water partition coefficient (Wildman–Crippen LogP) is 2.02. The van der Waals surface area contributed by atoms with E-state index in [1.165, 1.54) is 0 Å². The second-order valence-electron chi connectivity index (χ2n) is 5.62. The fraction of sp³-hybridized carbons (Fsp3) is 0.353. The quantitative estimate of drug-likeness (QED) is 0.669. The Bertz CT molecular complexity index is 708. The molecule has 0 bridgehead atoms. The molecule has 3 N–H and O–H groups in total. The van der Waals surface area contributed by atoms with Gasteiger partial charge < -0.3 is 15.8 Å². The molecule has 1 aliphatic heterocycles. The van der Waals surface area contributed by atoms with Crippen LogP contribution in [0.25, 0.3) is 0 Å². The lowest BCUT2D eigenvalue weighted by molar-refractivity contribution is 0.262. The number of rotatable bonds is 3. The maximum atomic E-state index is 6.04. The van der Waals surface area contributed by atoms with Crippen LogP contribution in [0.5, 0.6) is 5.75 Å². The number of hydrogen-bond acceptors (Lipinski definition) is 4. The summed E-state index contributed by atoms with van der Waals surface area (Å²) in [5.74, 6) is 2.08. The molecule has 2 heterocycles. The van der Waals surface area contributed by atoms with Gasteiger partial charge in [0.15, 0.2) is 5.96 Å². The zero-order valence-corrected chi connectivity index (χ0v) is 13.4. The molecule has 1 unspecified atom stereocenters. The van der Waals surface area contributed by atoms with Crippen LogP contribution in [0.15, 0.2) is 35.3 Å². The highest BCUT2D eigenvalue weighted by Gasteiger charge is 2.21. The summed E-state index contributed by atoms with van der Waals surface area (Å²) in [5, 5.41) is 3.28. The number of ether oxygens (including phenoxy) is 1. The number of benzene rings is 1. The second kappa shape index (κ2) is 6.64. The molecule has 0 aliphatic carbocycles. The fourth-order valence-electron chi connectivity index (χ4n) is 2.76. The third kappa shape index (κ3) is 3.77. The fourth-order valence-corrected chi connectivity index (χ4v) is 2.76. The van der Waals surface area contributed by atoms with Gasteiger partial charge >= 0.3 is 0 Å². The molecule has 2 aromatic rings. The molecule has 1 aromatic carbocycles. The van der Waals surface area contributed by atoms with Gasteiger partial charge in [0.1, 0.15) is 11.6 Å². The average Bonchev–Trinajstić information content (AvgIpc) is 2.52. The first kappa shape index (κ1) is 15.3. The Hall–Kier alpha value is -2.63. The summed E-state index contributed by atoms with van der Waals surface area (Å²) in [6, 6.07) is 10.0. The van der Waals surface area contributed by atoms with Gasteiger partial charge in [-0.05, 0) is 26.0 Å². The topological polar surface area (TPSA) is 85.4 Å². The molecule has 6 heteroatoms. The summed E-state index contributed by atoms with van der Waals surface area (Å²) in [6.45, 7) is 4.93. The number of aryl methyl sites for hydroxylation is 2. The molecule has 120 valence electrons. The molecule has 0 amide bonds. The molecule has 6 nitrogen and oxygen atoms in total. The molecular formula is C17H21N5O. The van der Waals surface area contributed by atoms with Crippen molar-refractivity contribution in [3.8, 4) is 5.75 Å². The van der Waals surface area contributed by atoms with E-state index in [9.17, 15) is 0 Å². The Balaban J connectivity index is 1.68. The highest BCUT2D eigenvalue weighted by atomic mass is 16.5. The van der Waals surface area contributed by atoms with Crippen LogP contribution in [-0.4, -0.2) is 22.5 Å². The zero-order valence-electron chi connectivity index (χ0n) is 13.4. The van der Waals surface area contributed by atoms with Gasteiger partial charge in [0, 0.05) is 17.7 Å². The second-order valence-corrected chi connectivity index (χ2v) is 5.62. The summed E-state index contributed by atoms with van der Waals surface area (Å²) >= 11 is 0. The average molecular weight is 311 g/mol. The van der Waals surface area contributed by atoms with Crippen LogP contribution >= 0.6 is 0 Å². The molecule has 0 radical (unpaired) electrons. The molecule has 1 aromatic heterocycles. The third-order valence-electron chi connectivity index (χ3n) is 3.71. The van der Waals surface area contributed by atoms with E-state index in [-0.39, 0.29) is 6.04 Å². The standard InChI is InChI=1S/C17H21N5O/c1-11-9-13(21-12(2)20-11)10-19-17(18)22-15-7-8-23-16-6-4-3-5-14(15)16/h3-6,9,15H,7-8,10H2,1-2H3,(H3,18,19,22). The number of nitrogens with one attached hydrogen (secondary N) is 1. The smallest absolute Gasteiger partial charge is 0.189 e. The van der Waals surface area contributed by atoms with Crippen molar-refractivity contribution >= 4 is 5.96 Å². The zero-order chi connectivity index (χ0) is 16.2. The summed E-state index contributed by atoms with van der Waals surface area (Å²) in [5.41, 5.74) is 8.96. The first-order valence-electron chi connectivity index (χ1n) is 7.71. The largest absolute Gasteiger partial charge is 0.493 e. The van der Waals surface area contributed by atoms with Gasteiger partial charge in [0.2, 0.25) is 0 Å². The maximum Gasteiger partial charge on any atom is 0.189 e. The van der Waals surface area contributed by atoms with Crippen molar-refractivity contribution in [1.82, 2.24) is 15.3 Å². The van der Waals surface area contributed by atoms with Gasteiger partial charge in [0.05, 0.1) is 24.9 Å². The van der Waals surface area contributed by atoms with Crippen LogP contribution in [0.2, 0.25) is 0 Å². The summed E-state index contributed by atoms with van der Waals surface area (Å²) in [4.78, 5) is 13.0. The number of fused-ring (bicyclic) bond motifs is 1. The van der Waals surface area contributed by atoms with Crippen LogP contribution in [0, 0.1) is 13.8 Å². The molecule has 1 atom stereocenters. The molecule has 0 saturated heterocycles. The van der Waals surface area contributed by atoms with Gasteiger partial charge in [-0.25, -0.2) is 15.0 Å². The number of para-hydroxylation sites is 1. The van der Waals surface area contributed by atoms with Gasteiger partial charge in [0.25, 0.3) is 0 Å². The Morgan fingerprint density at radius 1 is 1.35 bits per heavy atom. The third-order valence-corrected chi connectivity index (χ3v) is 3.71. The van der Waals surface area contributed by atoms with Crippen molar-refractivity contribution in [3.63, 3.8) is 0 Å². The summed E-state index contributed by atoms with van der Waals surface area (Å²) < 4.78 is 5.65. The normalized spacial score (nSPS) is 17.3. The molecular weight excluding hydrogens is 290 g/mol. The van der Waals surface area contributed by atoms with Crippen LogP contribution in [0.4, 0.5) is 0 Å². The van der Waals surface area contributed by atoms with E-state index in [1.54, 1.807) is 0 Å². The van der Waals surface area contributed by atoms with Crippen LogP contribution in [-0.2, 0) is 6.54 Å². The van der Waals surface area contributed by atoms with Crippen molar-refractivity contribution in [2.24, 2.45) is 10.7 Å². The monoisotopic (exact) mass is 311 g/mol. The number of guanidine groups is 1. The lowest BCUT2D eigenvalue weighted by Gasteiger charge is -2.26. The van der Waals surface area contributed by atoms with Crippen molar-refractivity contribution in [3.05, 3.63) is 53.1 Å². The number of aromatic nitrogens is 2. The highest BCUT2D eigenvalue weighted by molar-refractivity contribution is 5.78. The lowest BCUT2D eigenvalue weighted by atomic mass is 10.0. The van der Waals surface area contributed by atoms with E-state index in [1.807, 2.05) is 38.1 Å². The van der Waals surface area contributed by atoms with Crippen LogP contribution in [0.1, 0.15) is 35.2 Å². The van der Waals surface area contributed by atoms with E-state index < -0.39 is 0 Å². The number of nitrogens with zero attached hydrogens (tertiary/aromatic N) is 3. The van der Waals surface area contributed by atoms with Crippen molar-refractivity contribution in [2.45, 2.75) is 32.9 Å². The molecule has 0 saturated carbocycles. The number of aliphatic imine (C=N–C) groups is 1. The highest BCUT2D eigenvalue weighted by Crippen LogP contribution is 2.31. The van der Waals surface area contributed by atoms with Gasteiger partial charge in [-0.1, -0.05) is 18.2 Å². The van der Waals surface area contributed by atoms with Crippen molar-refractivity contribution < 1.29 is 4.74 Å². The van der Waals surface area contributed by atoms with Gasteiger partial charge in [-0.2, -0.15) is 0 Å². The first-order chi connectivity index (χ1) is 11.1. The van der Waals surface area contributed by atoms with Gasteiger partial charge in [-0.15, -0.1) is 0 Å². The van der Waals surface area contributed by atoms with Crippen molar-refractivity contribution in [2.75, 3.05) is 6.61 Å². The van der Waals surface area contributed by atoms with E-state index in [4.69, 9.17) is 10.5 Å². The molecule has 3 rings (SSSR count). The maximum absolute atomic E-state index is 6.04. The number of nitrogens with two attached hydrogens (primary N) is 1. The molecule has 1 aliphatic rings. The van der Waals surface area contributed by atoms with E-state index in [0.29, 0.717) is 19.1 Å². The SMILES string of the molecule is Cc1cc(CN=C(N)NC2CCOc3ccccc32)nc(C)n1. The lowest BCUT2D eigenvalue weighted by Crippen LogP contribution is -2.37. The van der Waals surface area contributed by atoms with Crippen LogP contribution in [0.3, 0.4) is 0 Å². The van der Waals surface area contributed by atoms with Crippen LogP contribution < -0.4 is 15.8 Å². The molecule has 23 heavy (non-hydrogen) atoms. The Labute approximate surface area is 135 Å². The minimum absolute atomic E-state index is 0.123. The first-order valence-corrected chi connectivity index (χ1v) is 7.71. The van der Waals surface area contributed by atoms with E-state index in [0.717, 1.165) is 34.9 Å².